The second-order valence-electron chi connectivity index (χ2n) is 6.54. The van der Waals surface area contributed by atoms with Crippen LogP contribution in [0, 0.1) is 11.8 Å². The van der Waals surface area contributed by atoms with Crippen LogP contribution in [0.1, 0.15) is 52.4 Å². The van der Waals surface area contributed by atoms with Gasteiger partial charge in [-0.15, -0.1) is 0 Å². The predicted molar refractivity (Wildman–Crippen MR) is 74.3 cm³/mol. The molecule has 0 aromatic rings. The van der Waals surface area contributed by atoms with Crippen LogP contribution >= 0.6 is 0 Å². The molecule has 1 heterocycles. The Morgan fingerprint density at radius 1 is 1.18 bits per heavy atom. The topological polar surface area (TPSA) is 15.3 Å². The van der Waals surface area contributed by atoms with Gasteiger partial charge < -0.3 is 10.2 Å². The summed E-state index contributed by atoms with van der Waals surface area (Å²) >= 11 is 0. The molecule has 0 bridgehead atoms. The largest absolute Gasteiger partial charge is 0.311 e. The standard InChI is InChI=1S/C15H30N2/c1-13(2)10-15-12-17(9-8-16-15)11-14-6-4-3-5-7-14/h13-16H,3-12H2,1-2H3. The Morgan fingerprint density at radius 3 is 2.65 bits per heavy atom. The third kappa shape index (κ3) is 4.59. The summed E-state index contributed by atoms with van der Waals surface area (Å²) in [4.78, 5) is 2.72. The Balaban J connectivity index is 1.72. The van der Waals surface area contributed by atoms with Crippen LogP contribution in [-0.2, 0) is 0 Å². The molecule has 2 fully saturated rings. The average molecular weight is 238 g/mol. The van der Waals surface area contributed by atoms with Crippen LogP contribution in [-0.4, -0.2) is 37.1 Å². The first-order chi connectivity index (χ1) is 8.24. The van der Waals surface area contributed by atoms with Crippen LogP contribution in [0.2, 0.25) is 0 Å². The van der Waals surface area contributed by atoms with Crippen LogP contribution < -0.4 is 5.32 Å². The van der Waals surface area contributed by atoms with Gasteiger partial charge in [0, 0.05) is 32.2 Å². The Kier molecular flexibility index (Phi) is 5.30. The fourth-order valence-electron chi connectivity index (χ4n) is 3.52. The van der Waals surface area contributed by atoms with Crippen molar-refractivity contribution in [3.8, 4) is 0 Å². The van der Waals surface area contributed by atoms with Crippen LogP contribution in [0.3, 0.4) is 0 Å². The Hall–Kier alpha value is -0.0800. The van der Waals surface area contributed by atoms with E-state index in [1.54, 1.807) is 0 Å². The van der Waals surface area contributed by atoms with Crippen LogP contribution in [0.15, 0.2) is 0 Å². The first-order valence-corrected chi connectivity index (χ1v) is 7.70. The minimum Gasteiger partial charge on any atom is -0.311 e. The van der Waals surface area contributed by atoms with E-state index in [0.717, 1.165) is 17.9 Å². The summed E-state index contributed by atoms with van der Waals surface area (Å²) in [6.07, 6.45) is 8.74. The molecule has 0 aromatic heterocycles. The van der Waals surface area contributed by atoms with Crippen molar-refractivity contribution in [2.75, 3.05) is 26.2 Å². The lowest BCUT2D eigenvalue weighted by Crippen LogP contribution is -2.52. The molecule has 0 radical (unpaired) electrons. The zero-order valence-corrected chi connectivity index (χ0v) is 11.8. The van der Waals surface area contributed by atoms with E-state index in [4.69, 9.17) is 0 Å². The van der Waals surface area contributed by atoms with Crippen LogP contribution in [0.5, 0.6) is 0 Å². The highest BCUT2D eigenvalue weighted by atomic mass is 15.2. The zero-order chi connectivity index (χ0) is 12.1. The second kappa shape index (κ2) is 6.75. The van der Waals surface area contributed by atoms with Crippen LogP contribution in [0.25, 0.3) is 0 Å². The van der Waals surface area contributed by atoms with Gasteiger partial charge in [0.1, 0.15) is 0 Å². The van der Waals surface area contributed by atoms with Gasteiger partial charge in [-0.2, -0.15) is 0 Å². The number of nitrogens with zero attached hydrogens (tertiary/aromatic N) is 1. The van der Waals surface area contributed by atoms with Crippen LogP contribution in [0.4, 0.5) is 0 Å². The number of hydrogen-bond acceptors (Lipinski definition) is 2. The molecule has 0 aromatic carbocycles. The normalized spacial score (nSPS) is 28.8. The van der Waals surface area contributed by atoms with E-state index < -0.39 is 0 Å². The van der Waals surface area contributed by atoms with E-state index in [2.05, 4.69) is 24.1 Å². The molecule has 1 aliphatic heterocycles. The molecule has 2 aliphatic rings. The lowest BCUT2D eigenvalue weighted by atomic mass is 9.88. The quantitative estimate of drug-likeness (QED) is 0.810. The molecule has 2 heteroatoms. The predicted octanol–water partition coefficient (Wildman–Crippen LogP) is 2.89. The van der Waals surface area contributed by atoms with E-state index in [1.165, 1.54) is 64.7 Å². The Labute approximate surface area is 107 Å². The summed E-state index contributed by atoms with van der Waals surface area (Å²) in [6.45, 7) is 9.80. The molecule has 1 atom stereocenters. The first-order valence-electron chi connectivity index (χ1n) is 7.70. The molecule has 1 saturated heterocycles. The van der Waals surface area contributed by atoms with Crippen molar-refractivity contribution in [2.24, 2.45) is 11.8 Å². The smallest absolute Gasteiger partial charge is 0.0198 e. The molecular weight excluding hydrogens is 208 g/mol. The molecule has 17 heavy (non-hydrogen) atoms. The van der Waals surface area contributed by atoms with E-state index in [-0.39, 0.29) is 0 Å². The van der Waals surface area contributed by atoms with Crippen molar-refractivity contribution in [1.29, 1.82) is 0 Å². The molecule has 1 unspecified atom stereocenters. The molecular formula is C15H30N2. The maximum Gasteiger partial charge on any atom is 0.0198 e. The third-order valence-corrected chi connectivity index (χ3v) is 4.34. The van der Waals surface area contributed by atoms with Gasteiger partial charge >= 0.3 is 0 Å². The third-order valence-electron chi connectivity index (χ3n) is 4.34. The molecule has 1 aliphatic carbocycles. The van der Waals surface area contributed by atoms with Crippen molar-refractivity contribution in [2.45, 2.75) is 58.4 Å². The highest BCUT2D eigenvalue weighted by Crippen LogP contribution is 2.25. The fraction of sp³-hybridized carbons (Fsp3) is 1.00. The Morgan fingerprint density at radius 2 is 1.94 bits per heavy atom. The van der Waals surface area contributed by atoms with Gasteiger partial charge in [-0.3, -0.25) is 0 Å². The molecule has 1 N–H and O–H groups in total. The summed E-state index contributed by atoms with van der Waals surface area (Å²) in [5, 5.41) is 3.68. The van der Waals surface area contributed by atoms with E-state index >= 15 is 0 Å². The second-order valence-corrected chi connectivity index (χ2v) is 6.54. The molecule has 0 amide bonds. The van der Waals surface area contributed by atoms with Crippen molar-refractivity contribution in [3.63, 3.8) is 0 Å². The first kappa shape index (κ1) is 13.4. The van der Waals surface area contributed by atoms with Gasteiger partial charge in [0.2, 0.25) is 0 Å². The van der Waals surface area contributed by atoms with E-state index in [0.29, 0.717) is 0 Å². The number of rotatable bonds is 4. The van der Waals surface area contributed by atoms with Gasteiger partial charge in [-0.1, -0.05) is 33.1 Å². The summed E-state index contributed by atoms with van der Waals surface area (Å²) in [5.74, 6) is 1.82. The highest BCUT2D eigenvalue weighted by molar-refractivity contribution is 4.81. The molecule has 0 spiro atoms. The molecule has 100 valence electrons. The Bertz CT molecular complexity index is 209. The average Bonchev–Trinajstić information content (AvgIpc) is 2.30. The fourth-order valence-corrected chi connectivity index (χ4v) is 3.52. The minimum atomic E-state index is 0.743. The summed E-state index contributed by atoms with van der Waals surface area (Å²) in [7, 11) is 0. The van der Waals surface area contributed by atoms with Crippen molar-refractivity contribution in [3.05, 3.63) is 0 Å². The number of piperazine rings is 1. The summed E-state index contributed by atoms with van der Waals surface area (Å²) in [6, 6.07) is 0.743. The summed E-state index contributed by atoms with van der Waals surface area (Å²) < 4.78 is 0. The minimum absolute atomic E-state index is 0.743. The highest BCUT2D eigenvalue weighted by Gasteiger charge is 2.23. The zero-order valence-electron chi connectivity index (χ0n) is 11.8. The summed E-state index contributed by atoms with van der Waals surface area (Å²) in [5.41, 5.74) is 0. The number of nitrogens with one attached hydrogen (secondary N) is 1. The maximum absolute atomic E-state index is 3.68. The van der Waals surface area contributed by atoms with Gasteiger partial charge in [-0.25, -0.2) is 0 Å². The van der Waals surface area contributed by atoms with Crippen molar-refractivity contribution >= 4 is 0 Å². The van der Waals surface area contributed by atoms with Gasteiger partial charge in [-0.05, 0) is 31.1 Å². The maximum atomic E-state index is 3.68. The number of hydrogen-bond donors (Lipinski definition) is 1. The van der Waals surface area contributed by atoms with E-state index in [9.17, 15) is 0 Å². The molecule has 2 nitrogen and oxygen atoms in total. The van der Waals surface area contributed by atoms with Crippen molar-refractivity contribution in [1.82, 2.24) is 10.2 Å². The van der Waals surface area contributed by atoms with Crippen molar-refractivity contribution < 1.29 is 0 Å². The molecule has 1 saturated carbocycles. The SMILES string of the molecule is CC(C)CC1CN(CC2CCCCC2)CCN1. The van der Waals surface area contributed by atoms with E-state index in [1.807, 2.05) is 0 Å². The lowest BCUT2D eigenvalue weighted by Gasteiger charge is -2.37. The van der Waals surface area contributed by atoms with Gasteiger partial charge in [0.05, 0.1) is 0 Å². The lowest BCUT2D eigenvalue weighted by molar-refractivity contribution is 0.148. The molecule has 2 rings (SSSR count). The van der Waals surface area contributed by atoms with Gasteiger partial charge in [0.25, 0.3) is 0 Å². The monoisotopic (exact) mass is 238 g/mol. The van der Waals surface area contributed by atoms with Gasteiger partial charge in [0.15, 0.2) is 0 Å².